The van der Waals surface area contributed by atoms with Crippen molar-refractivity contribution in [1.29, 1.82) is 0 Å². The van der Waals surface area contributed by atoms with Crippen LogP contribution in [0.25, 0.3) is 0 Å². The number of hydrogen-bond donors (Lipinski definition) is 1. The quantitative estimate of drug-likeness (QED) is 0.511. The topological polar surface area (TPSA) is 88.4 Å². The summed E-state index contributed by atoms with van der Waals surface area (Å²) in [5.74, 6) is -0.161. The van der Waals surface area contributed by atoms with E-state index in [2.05, 4.69) is 10.3 Å². The predicted octanol–water partition coefficient (Wildman–Crippen LogP) is 4.41. The zero-order chi connectivity index (χ0) is 19.7. The van der Waals surface area contributed by atoms with Crippen molar-refractivity contribution in [3.05, 3.63) is 98.8 Å². The highest BCUT2D eigenvalue weighted by Crippen LogP contribution is 2.37. The molecule has 0 aliphatic carbocycles. The van der Waals surface area contributed by atoms with Gasteiger partial charge in [-0.25, -0.2) is 0 Å². The molecule has 28 heavy (non-hydrogen) atoms. The van der Waals surface area contributed by atoms with Gasteiger partial charge < -0.3 is 10.2 Å². The number of hydrogen-bond acceptors (Lipinski definition) is 5. The first-order valence-electron chi connectivity index (χ1n) is 8.55. The largest absolute Gasteiger partial charge is 0.359 e. The second-order valence-corrected chi connectivity index (χ2v) is 6.73. The molecule has 0 saturated carbocycles. The van der Waals surface area contributed by atoms with E-state index in [0.717, 1.165) is 5.56 Å². The van der Waals surface area contributed by atoms with E-state index in [0.29, 0.717) is 28.5 Å². The summed E-state index contributed by atoms with van der Waals surface area (Å²) in [7, 11) is 0. The number of nitro benzene ring substituents is 1. The van der Waals surface area contributed by atoms with Crippen LogP contribution in [-0.4, -0.2) is 20.7 Å². The number of nitrogens with zero attached hydrogens (tertiary/aromatic N) is 3. The van der Waals surface area contributed by atoms with Crippen LogP contribution in [0.15, 0.2) is 66.9 Å². The number of aromatic nitrogens is 1. The summed E-state index contributed by atoms with van der Waals surface area (Å²) < 4.78 is 0. The standard InChI is InChI=1S/C20H15ClN4O3/c21-16-9-8-14(25(27)28)11-17(16)23-19-18-15(7-4-10-22-18)20(26)24(19)12-13-5-2-1-3-6-13/h1-11,19,23H,12H2/t19-/m1/s1. The molecule has 0 bridgehead atoms. The highest BCUT2D eigenvalue weighted by atomic mass is 35.5. The lowest BCUT2D eigenvalue weighted by Crippen LogP contribution is -2.32. The fourth-order valence-electron chi connectivity index (χ4n) is 3.21. The van der Waals surface area contributed by atoms with Gasteiger partial charge in [-0.3, -0.25) is 19.9 Å². The Hall–Kier alpha value is -3.45. The number of fused-ring (bicyclic) bond motifs is 1. The number of halogens is 1. The average molecular weight is 395 g/mol. The molecule has 4 rings (SSSR count). The van der Waals surface area contributed by atoms with Gasteiger partial charge in [-0.1, -0.05) is 41.9 Å². The van der Waals surface area contributed by atoms with Crippen molar-refractivity contribution in [2.75, 3.05) is 5.32 Å². The fraction of sp³-hybridized carbons (Fsp3) is 0.100. The molecular weight excluding hydrogens is 380 g/mol. The Kier molecular flexibility index (Phi) is 4.67. The van der Waals surface area contributed by atoms with Gasteiger partial charge in [-0.2, -0.15) is 0 Å². The van der Waals surface area contributed by atoms with E-state index in [1.165, 1.54) is 18.2 Å². The van der Waals surface area contributed by atoms with E-state index in [-0.39, 0.29) is 11.6 Å². The zero-order valence-corrected chi connectivity index (χ0v) is 15.3. The lowest BCUT2D eigenvalue weighted by Gasteiger charge is -2.27. The van der Waals surface area contributed by atoms with Gasteiger partial charge in [0.2, 0.25) is 0 Å². The number of carbonyl (C=O) groups is 1. The first-order valence-corrected chi connectivity index (χ1v) is 8.92. The smallest absolute Gasteiger partial charge is 0.271 e. The van der Waals surface area contributed by atoms with Crippen LogP contribution < -0.4 is 5.32 Å². The molecule has 2 heterocycles. The van der Waals surface area contributed by atoms with E-state index in [1.807, 2.05) is 30.3 Å². The number of carbonyl (C=O) groups excluding carboxylic acids is 1. The minimum atomic E-state index is -0.594. The van der Waals surface area contributed by atoms with Crippen molar-refractivity contribution >= 4 is 28.9 Å². The zero-order valence-electron chi connectivity index (χ0n) is 14.6. The van der Waals surface area contributed by atoms with Crippen LogP contribution in [-0.2, 0) is 6.54 Å². The Morgan fingerprint density at radius 1 is 1.14 bits per heavy atom. The van der Waals surface area contributed by atoms with Crippen LogP contribution >= 0.6 is 11.6 Å². The second-order valence-electron chi connectivity index (χ2n) is 6.32. The third-order valence-corrected chi connectivity index (χ3v) is 4.88. The van der Waals surface area contributed by atoms with Gasteiger partial charge in [0.05, 0.1) is 26.9 Å². The summed E-state index contributed by atoms with van der Waals surface area (Å²) >= 11 is 6.24. The monoisotopic (exact) mass is 394 g/mol. The minimum absolute atomic E-state index is 0.0907. The van der Waals surface area contributed by atoms with Crippen LogP contribution in [0.5, 0.6) is 0 Å². The second kappa shape index (κ2) is 7.28. The van der Waals surface area contributed by atoms with E-state index in [9.17, 15) is 14.9 Å². The molecule has 140 valence electrons. The van der Waals surface area contributed by atoms with Crippen LogP contribution in [0, 0.1) is 10.1 Å². The number of anilines is 1. The van der Waals surface area contributed by atoms with E-state index >= 15 is 0 Å². The molecule has 0 saturated heterocycles. The summed E-state index contributed by atoms with van der Waals surface area (Å²) in [5, 5.41) is 14.6. The Bertz CT molecular complexity index is 1060. The molecule has 3 aromatic rings. The first kappa shape index (κ1) is 17.9. The summed E-state index contributed by atoms with van der Waals surface area (Å²) in [6, 6.07) is 17.2. The number of amides is 1. The number of non-ortho nitro benzene ring substituents is 1. The van der Waals surface area contributed by atoms with Crippen molar-refractivity contribution in [3.8, 4) is 0 Å². The van der Waals surface area contributed by atoms with Crippen molar-refractivity contribution in [2.24, 2.45) is 0 Å². The van der Waals surface area contributed by atoms with Gasteiger partial charge in [0.15, 0.2) is 0 Å². The Morgan fingerprint density at radius 2 is 1.93 bits per heavy atom. The van der Waals surface area contributed by atoms with E-state index in [4.69, 9.17) is 11.6 Å². The third kappa shape index (κ3) is 3.27. The minimum Gasteiger partial charge on any atom is -0.359 e. The highest BCUT2D eigenvalue weighted by Gasteiger charge is 2.38. The summed E-state index contributed by atoms with van der Waals surface area (Å²) in [6.45, 7) is 0.361. The molecule has 1 aromatic heterocycles. The van der Waals surface area contributed by atoms with Gasteiger partial charge in [-0.05, 0) is 23.8 Å². The van der Waals surface area contributed by atoms with Gasteiger partial charge in [-0.15, -0.1) is 0 Å². The maximum Gasteiger partial charge on any atom is 0.271 e. The van der Waals surface area contributed by atoms with Crippen LogP contribution in [0.3, 0.4) is 0 Å². The molecule has 1 N–H and O–H groups in total. The number of nitrogens with one attached hydrogen (secondary N) is 1. The third-order valence-electron chi connectivity index (χ3n) is 4.55. The van der Waals surface area contributed by atoms with Crippen LogP contribution in [0.1, 0.15) is 27.8 Å². The van der Waals surface area contributed by atoms with Crippen LogP contribution in [0.4, 0.5) is 11.4 Å². The van der Waals surface area contributed by atoms with Crippen molar-refractivity contribution < 1.29 is 9.72 Å². The normalized spacial score (nSPS) is 15.4. The number of benzene rings is 2. The van der Waals surface area contributed by atoms with Gasteiger partial charge in [0, 0.05) is 24.9 Å². The lowest BCUT2D eigenvalue weighted by atomic mass is 10.2. The summed E-state index contributed by atoms with van der Waals surface area (Å²) in [5.41, 5.74) is 2.29. The molecule has 1 amide bonds. The molecule has 0 unspecified atom stereocenters. The van der Waals surface area contributed by atoms with E-state index < -0.39 is 11.1 Å². The molecular formula is C20H15ClN4O3. The molecule has 0 spiro atoms. The predicted molar refractivity (Wildman–Crippen MR) is 105 cm³/mol. The number of rotatable bonds is 5. The van der Waals surface area contributed by atoms with Crippen LogP contribution in [0.2, 0.25) is 5.02 Å². The molecule has 0 radical (unpaired) electrons. The molecule has 8 heteroatoms. The molecule has 1 atom stereocenters. The highest BCUT2D eigenvalue weighted by molar-refractivity contribution is 6.33. The molecule has 2 aromatic carbocycles. The average Bonchev–Trinajstić information content (AvgIpc) is 2.96. The van der Waals surface area contributed by atoms with E-state index in [1.54, 1.807) is 23.2 Å². The van der Waals surface area contributed by atoms with Gasteiger partial charge >= 0.3 is 0 Å². The molecule has 1 aliphatic rings. The van der Waals surface area contributed by atoms with Gasteiger partial charge in [0.25, 0.3) is 11.6 Å². The Morgan fingerprint density at radius 3 is 2.68 bits per heavy atom. The van der Waals surface area contributed by atoms with Crippen molar-refractivity contribution in [2.45, 2.75) is 12.7 Å². The number of nitro groups is 1. The van der Waals surface area contributed by atoms with Crippen molar-refractivity contribution in [1.82, 2.24) is 9.88 Å². The summed E-state index contributed by atoms with van der Waals surface area (Å²) in [4.78, 5) is 29.6. The van der Waals surface area contributed by atoms with Crippen molar-refractivity contribution in [3.63, 3.8) is 0 Å². The molecule has 1 aliphatic heterocycles. The Balaban J connectivity index is 1.72. The van der Waals surface area contributed by atoms with Gasteiger partial charge in [0.1, 0.15) is 6.17 Å². The molecule has 7 nitrogen and oxygen atoms in total. The first-order chi connectivity index (χ1) is 13.5. The maximum absolute atomic E-state index is 13.0. The molecule has 0 fully saturated rings. The fourth-order valence-corrected chi connectivity index (χ4v) is 3.38. The maximum atomic E-state index is 13.0. The Labute approximate surface area is 165 Å². The lowest BCUT2D eigenvalue weighted by molar-refractivity contribution is -0.384. The SMILES string of the molecule is O=C1c2cccnc2[C@H](Nc2cc([N+](=O)[O-])ccc2Cl)N1Cc1ccccc1. The summed E-state index contributed by atoms with van der Waals surface area (Å²) in [6.07, 6.45) is 1.02. The number of pyridine rings is 1.